The number of rotatable bonds is 1. The van der Waals surface area contributed by atoms with Crippen LogP contribution in [-0.2, 0) is 0 Å². The molecule has 1 aromatic carbocycles. The van der Waals surface area contributed by atoms with Crippen LogP contribution < -0.4 is 3.94 Å². The largest absolute Gasteiger partial charge is 0.202 e. The minimum atomic E-state index is -1.85. The van der Waals surface area contributed by atoms with Gasteiger partial charge in [-0.2, -0.15) is 9.20 Å². The van der Waals surface area contributed by atoms with Crippen LogP contribution in [-0.4, -0.2) is 0 Å². The molecule has 2 nitrogen and oxygen atoms in total. The van der Waals surface area contributed by atoms with E-state index in [1.54, 1.807) is 0 Å². The molecule has 0 N–H and O–H groups in total. The van der Waals surface area contributed by atoms with Crippen LogP contribution in [0, 0.1) is 34.6 Å². The van der Waals surface area contributed by atoms with Crippen molar-refractivity contribution in [2.24, 2.45) is 0 Å². The lowest BCUT2D eigenvalue weighted by atomic mass is 10.1. The summed E-state index contributed by atoms with van der Waals surface area (Å²) in [5.74, 6) is -7.37. The van der Waals surface area contributed by atoms with Crippen molar-refractivity contribution in [2.45, 2.75) is 0 Å². The van der Waals surface area contributed by atoms with E-state index < -0.39 is 34.5 Å². The summed E-state index contributed by atoms with van der Waals surface area (Å²) in [6.07, 6.45) is 0. The SMILES string of the molecule is N#Cc1c(F)c(F)c(N(Cl)Cl)c(F)c1F. The first-order valence-corrected chi connectivity index (χ1v) is 3.97. The quantitative estimate of drug-likeness (QED) is 0.439. The Balaban J connectivity index is 3.69. The molecule has 0 aliphatic rings. The average Bonchev–Trinajstić information content (AvgIpc) is 2.16. The third kappa shape index (κ3) is 1.80. The van der Waals surface area contributed by atoms with Crippen LogP contribution in [0.5, 0.6) is 0 Å². The zero-order chi connectivity index (χ0) is 11.7. The van der Waals surface area contributed by atoms with Crippen LogP contribution in [0.4, 0.5) is 23.2 Å². The standard InChI is InChI=1S/C7Cl2F4N2/c8-15(9)7-5(12)3(10)2(1-14)4(11)6(7)13. The van der Waals surface area contributed by atoms with Gasteiger partial charge in [0.05, 0.1) is 0 Å². The summed E-state index contributed by atoms with van der Waals surface area (Å²) >= 11 is 9.91. The van der Waals surface area contributed by atoms with Gasteiger partial charge in [0.15, 0.2) is 23.3 Å². The van der Waals surface area contributed by atoms with E-state index >= 15 is 0 Å². The lowest BCUT2D eigenvalue weighted by Crippen LogP contribution is -2.08. The van der Waals surface area contributed by atoms with E-state index in [-0.39, 0.29) is 3.94 Å². The van der Waals surface area contributed by atoms with Crippen molar-refractivity contribution >= 4 is 29.2 Å². The van der Waals surface area contributed by atoms with Gasteiger partial charge in [0.2, 0.25) is 0 Å². The minimum absolute atomic E-state index is 0.169. The Morgan fingerprint density at radius 1 is 0.933 bits per heavy atom. The van der Waals surface area contributed by atoms with Crippen LogP contribution in [0.2, 0.25) is 0 Å². The molecule has 0 atom stereocenters. The topological polar surface area (TPSA) is 27.0 Å². The van der Waals surface area contributed by atoms with Crippen LogP contribution in [0.1, 0.15) is 5.56 Å². The Morgan fingerprint density at radius 3 is 1.60 bits per heavy atom. The normalized spacial score (nSPS) is 9.93. The van der Waals surface area contributed by atoms with Crippen molar-refractivity contribution in [1.82, 2.24) is 0 Å². The van der Waals surface area contributed by atoms with Gasteiger partial charge in [-0.3, -0.25) is 0 Å². The van der Waals surface area contributed by atoms with Crippen molar-refractivity contribution in [3.05, 3.63) is 28.8 Å². The summed E-state index contributed by atoms with van der Waals surface area (Å²) < 4.78 is 51.7. The number of nitrogens with zero attached hydrogens (tertiary/aromatic N) is 2. The minimum Gasteiger partial charge on any atom is -0.202 e. The van der Waals surface area contributed by atoms with Crippen LogP contribution in [0.25, 0.3) is 0 Å². The Labute approximate surface area is 91.4 Å². The van der Waals surface area contributed by atoms with Gasteiger partial charge in [-0.25, -0.2) is 17.6 Å². The molecule has 0 fully saturated rings. The van der Waals surface area contributed by atoms with Crippen molar-refractivity contribution in [1.29, 1.82) is 5.26 Å². The number of hydrogen-bond acceptors (Lipinski definition) is 2. The first-order chi connectivity index (χ1) is 6.91. The fourth-order valence-corrected chi connectivity index (χ4v) is 1.16. The summed E-state index contributed by atoms with van der Waals surface area (Å²) in [7, 11) is 0. The van der Waals surface area contributed by atoms with E-state index in [2.05, 4.69) is 0 Å². The van der Waals surface area contributed by atoms with Gasteiger partial charge < -0.3 is 0 Å². The zero-order valence-electron chi connectivity index (χ0n) is 6.66. The van der Waals surface area contributed by atoms with E-state index in [1.807, 2.05) is 0 Å². The summed E-state index contributed by atoms with van der Waals surface area (Å²) in [5.41, 5.74) is -2.68. The van der Waals surface area contributed by atoms with Crippen molar-refractivity contribution < 1.29 is 17.6 Å². The predicted molar refractivity (Wildman–Crippen MR) is 45.2 cm³/mol. The monoisotopic (exact) mass is 258 g/mol. The van der Waals surface area contributed by atoms with Gasteiger partial charge in [-0.15, -0.1) is 0 Å². The molecule has 0 aliphatic heterocycles. The third-order valence-corrected chi connectivity index (χ3v) is 1.86. The number of nitriles is 1. The highest BCUT2D eigenvalue weighted by molar-refractivity contribution is 6.49. The first kappa shape index (κ1) is 11.9. The van der Waals surface area contributed by atoms with Crippen molar-refractivity contribution in [3.63, 3.8) is 0 Å². The van der Waals surface area contributed by atoms with Crippen molar-refractivity contribution in [2.75, 3.05) is 3.94 Å². The van der Waals surface area contributed by atoms with E-state index in [0.717, 1.165) is 6.07 Å². The molecule has 0 heterocycles. The van der Waals surface area contributed by atoms with E-state index in [9.17, 15) is 17.6 Å². The third-order valence-electron chi connectivity index (χ3n) is 1.52. The van der Waals surface area contributed by atoms with E-state index in [4.69, 9.17) is 28.8 Å². The first-order valence-electron chi connectivity index (χ1n) is 3.29. The molecule has 0 saturated heterocycles. The average molecular weight is 259 g/mol. The molecular weight excluding hydrogens is 259 g/mol. The molecule has 0 radical (unpaired) electrons. The van der Waals surface area contributed by atoms with Gasteiger partial charge in [-0.1, -0.05) is 0 Å². The fourth-order valence-electron chi connectivity index (χ4n) is 0.867. The van der Waals surface area contributed by atoms with Gasteiger partial charge in [0, 0.05) is 23.6 Å². The van der Waals surface area contributed by atoms with Gasteiger partial charge in [-0.05, 0) is 0 Å². The number of anilines is 1. The lowest BCUT2D eigenvalue weighted by Gasteiger charge is -2.10. The molecule has 0 aliphatic carbocycles. The number of halogens is 6. The molecule has 15 heavy (non-hydrogen) atoms. The summed E-state index contributed by atoms with van der Waals surface area (Å²) in [4.78, 5) is 0. The van der Waals surface area contributed by atoms with Crippen LogP contribution >= 0.6 is 23.6 Å². The molecule has 0 saturated carbocycles. The molecule has 0 unspecified atom stereocenters. The summed E-state index contributed by atoms with van der Waals surface area (Å²) in [6.45, 7) is 0. The lowest BCUT2D eigenvalue weighted by molar-refractivity contribution is 0.454. The summed E-state index contributed by atoms with van der Waals surface area (Å²) in [5, 5.41) is 8.23. The maximum Gasteiger partial charge on any atom is 0.189 e. The van der Waals surface area contributed by atoms with Crippen molar-refractivity contribution in [3.8, 4) is 6.07 Å². The maximum atomic E-state index is 13.0. The second-order valence-electron chi connectivity index (χ2n) is 2.32. The molecule has 0 spiro atoms. The molecule has 0 bridgehead atoms. The predicted octanol–water partition coefficient (Wildman–Crippen LogP) is 3.23. The maximum absolute atomic E-state index is 13.0. The molecular formula is C7Cl2F4N2. The summed E-state index contributed by atoms with van der Waals surface area (Å²) in [6, 6.07) is 0.977. The highest BCUT2D eigenvalue weighted by Gasteiger charge is 2.27. The van der Waals surface area contributed by atoms with Crippen LogP contribution in [0.3, 0.4) is 0 Å². The molecule has 1 rings (SSSR count). The highest BCUT2D eigenvalue weighted by atomic mass is 35.5. The molecule has 8 heteroatoms. The van der Waals surface area contributed by atoms with Gasteiger partial charge in [0.1, 0.15) is 17.3 Å². The Bertz CT molecular complexity index is 426. The molecule has 1 aromatic rings. The number of hydrogen-bond donors (Lipinski definition) is 0. The zero-order valence-corrected chi connectivity index (χ0v) is 8.17. The smallest absolute Gasteiger partial charge is 0.189 e. The van der Waals surface area contributed by atoms with Gasteiger partial charge in [0.25, 0.3) is 0 Å². The molecule has 80 valence electrons. The molecule has 0 amide bonds. The molecule has 0 aromatic heterocycles. The van der Waals surface area contributed by atoms with Gasteiger partial charge >= 0.3 is 0 Å². The Kier molecular flexibility index (Phi) is 3.27. The Morgan fingerprint density at radius 2 is 1.33 bits per heavy atom. The Hall–Kier alpha value is -1.19. The second-order valence-corrected chi connectivity index (χ2v) is 3.17. The second kappa shape index (κ2) is 4.13. The van der Waals surface area contributed by atoms with Crippen LogP contribution in [0.15, 0.2) is 0 Å². The van der Waals surface area contributed by atoms with E-state index in [0.29, 0.717) is 0 Å². The highest BCUT2D eigenvalue weighted by Crippen LogP contribution is 2.32. The number of benzene rings is 1. The fraction of sp³-hybridized carbons (Fsp3) is 0. The van der Waals surface area contributed by atoms with E-state index in [1.165, 1.54) is 0 Å².